The van der Waals surface area contributed by atoms with Gasteiger partial charge in [-0.05, 0) is 43.9 Å². The van der Waals surface area contributed by atoms with Crippen molar-refractivity contribution in [3.8, 4) is 0 Å². The summed E-state index contributed by atoms with van der Waals surface area (Å²) in [5.41, 5.74) is 6.31. The minimum atomic E-state index is -4.73. The number of sulfonamides is 1. The van der Waals surface area contributed by atoms with E-state index in [0.717, 1.165) is 16.0 Å². The molecule has 12 nitrogen and oxygen atoms in total. The van der Waals surface area contributed by atoms with E-state index >= 15 is 0 Å². The molecule has 230 valence electrons. The molecule has 4 rings (SSSR count). The predicted molar refractivity (Wildman–Crippen MR) is 158 cm³/mol. The van der Waals surface area contributed by atoms with Crippen molar-refractivity contribution in [3.05, 3.63) is 65.7 Å². The molecule has 2 aromatic carbocycles. The van der Waals surface area contributed by atoms with Crippen LogP contribution < -0.4 is 10.0 Å². The fourth-order valence-electron chi connectivity index (χ4n) is 5.67. The summed E-state index contributed by atoms with van der Waals surface area (Å²) in [6.45, 7) is 3.26. The Labute approximate surface area is 247 Å². The molecule has 3 N–H and O–H groups in total. The van der Waals surface area contributed by atoms with Crippen LogP contribution in [0.2, 0.25) is 0 Å². The zero-order valence-electron chi connectivity index (χ0n) is 24.0. The van der Waals surface area contributed by atoms with Crippen molar-refractivity contribution in [1.82, 2.24) is 9.80 Å². The summed E-state index contributed by atoms with van der Waals surface area (Å²) in [4.78, 5) is 29.6. The summed E-state index contributed by atoms with van der Waals surface area (Å²) in [5, 5.41) is 0. The number of hydrogen-bond acceptors (Lipinski definition) is 8. The molecule has 0 radical (unpaired) electrons. The zero-order chi connectivity index (χ0) is 30.9. The number of carbonyl (C=O) groups excluding carboxylic acids is 2. The van der Waals surface area contributed by atoms with Gasteiger partial charge in [-0.3, -0.25) is 18.4 Å². The van der Waals surface area contributed by atoms with Gasteiger partial charge in [-0.15, -0.1) is 0 Å². The summed E-state index contributed by atoms with van der Waals surface area (Å²) in [6, 6.07) is 15.1. The molecule has 1 fully saturated rings. The van der Waals surface area contributed by atoms with Gasteiger partial charge in [-0.1, -0.05) is 48.5 Å². The molecule has 2 aliphatic heterocycles. The summed E-state index contributed by atoms with van der Waals surface area (Å²) in [5.74, 6) is -2.53. The van der Waals surface area contributed by atoms with Crippen molar-refractivity contribution < 1.29 is 35.7 Å². The van der Waals surface area contributed by atoms with Gasteiger partial charge >= 0.3 is 0 Å². The lowest BCUT2D eigenvalue weighted by atomic mass is 9.74. The zero-order valence-corrected chi connectivity index (χ0v) is 25.6. The Morgan fingerprint density at radius 3 is 2.21 bits per heavy atom. The number of ether oxygens (including phenoxy) is 1. The first-order valence-corrected chi connectivity index (χ1v) is 17.0. The van der Waals surface area contributed by atoms with Crippen LogP contribution in [0.5, 0.6) is 0 Å². The number of nitrogens with two attached hydrogens (primary N) is 1. The van der Waals surface area contributed by atoms with E-state index in [2.05, 4.69) is 0 Å². The van der Waals surface area contributed by atoms with Gasteiger partial charge in [0.2, 0.25) is 21.8 Å². The molecule has 1 saturated heterocycles. The Morgan fingerprint density at radius 1 is 1.05 bits per heavy atom. The summed E-state index contributed by atoms with van der Waals surface area (Å²) in [6.07, 6.45) is 2.07. The smallest absolute Gasteiger partial charge is 0.283 e. The van der Waals surface area contributed by atoms with E-state index < -0.39 is 54.8 Å². The highest BCUT2D eigenvalue weighted by molar-refractivity contribution is 7.92. The third kappa shape index (κ3) is 7.11. The number of rotatable bonds is 10. The number of fused-ring (bicyclic) bond motifs is 2. The molecule has 42 heavy (non-hydrogen) atoms. The van der Waals surface area contributed by atoms with Crippen LogP contribution in [0.25, 0.3) is 0 Å². The summed E-state index contributed by atoms with van der Waals surface area (Å²) < 4.78 is 65.9. The van der Waals surface area contributed by atoms with Crippen LogP contribution in [-0.2, 0) is 46.5 Å². The lowest BCUT2D eigenvalue weighted by Gasteiger charge is -2.42. The quantitative estimate of drug-likeness (QED) is 0.372. The maximum Gasteiger partial charge on any atom is 0.283 e. The van der Waals surface area contributed by atoms with Gasteiger partial charge in [0.1, 0.15) is 11.9 Å². The van der Waals surface area contributed by atoms with Gasteiger partial charge < -0.3 is 20.3 Å². The van der Waals surface area contributed by atoms with Crippen molar-refractivity contribution in [2.45, 2.75) is 50.3 Å². The highest BCUT2D eigenvalue weighted by Gasteiger charge is 2.48. The van der Waals surface area contributed by atoms with Crippen molar-refractivity contribution in [1.29, 1.82) is 0 Å². The number of likely N-dealkylation sites (tertiary alicyclic amines) is 1. The molecule has 0 saturated carbocycles. The number of nitrogens with zero attached hydrogens (tertiary/aromatic N) is 3. The number of para-hydroxylation sites is 1. The minimum Gasteiger partial charge on any atom is -0.374 e. The topological polar surface area (TPSA) is 168 Å². The van der Waals surface area contributed by atoms with Gasteiger partial charge in [0.15, 0.2) is 0 Å². The maximum atomic E-state index is 14.0. The Balaban J connectivity index is 1.59. The predicted octanol–water partition coefficient (Wildman–Crippen LogP) is 1.32. The number of anilines is 1. The molecule has 0 aliphatic carbocycles. The summed E-state index contributed by atoms with van der Waals surface area (Å²) >= 11 is 0. The van der Waals surface area contributed by atoms with Gasteiger partial charge in [0.25, 0.3) is 10.1 Å². The van der Waals surface area contributed by atoms with Crippen LogP contribution >= 0.6 is 0 Å². The van der Waals surface area contributed by atoms with Crippen molar-refractivity contribution >= 4 is 37.6 Å². The molecule has 1 spiro atoms. The third-order valence-electron chi connectivity index (χ3n) is 7.79. The Bertz CT molecular complexity index is 1520. The first kappa shape index (κ1) is 31.9. The average molecular weight is 623 g/mol. The lowest BCUT2D eigenvalue weighted by Crippen LogP contribution is -2.61. The van der Waals surface area contributed by atoms with E-state index in [1.54, 1.807) is 12.1 Å². The monoisotopic (exact) mass is 622 g/mol. The van der Waals surface area contributed by atoms with E-state index in [1.807, 2.05) is 42.5 Å². The second kappa shape index (κ2) is 11.9. The van der Waals surface area contributed by atoms with Gasteiger partial charge in [-0.25, -0.2) is 8.42 Å². The van der Waals surface area contributed by atoms with Crippen molar-refractivity contribution in [2.75, 3.05) is 42.7 Å². The molecule has 0 aromatic heterocycles. The Kier molecular flexibility index (Phi) is 9.05. The first-order chi connectivity index (χ1) is 19.5. The molecule has 2 aliphatic rings. The number of piperidine rings is 1. The van der Waals surface area contributed by atoms with Gasteiger partial charge in [0, 0.05) is 25.0 Å². The number of carbonyl (C=O) groups is 2. The Morgan fingerprint density at radius 2 is 1.64 bits per heavy atom. The SMILES string of the molecule is CC(C)(N)C(=O)N(CS(=O)(=O)O)C(COCc1ccccc1)C(=O)N1CCC2(CC1)CN(S(C)(=O)=O)c1ccccc12. The van der Waals surface area contributed by atoms with Crippen LogP contribution in [0.1, 0.15) is 37.8 Å². The third-order valence-corrected chi connectivity index (χ3v) is 9.52. The fraction of sp³-hybridized carbons (Fsp3) is 0.500. The number of amides is 2. The maximum absolute atomic E-state index is 14.0. The standard InChI is InChI=1S/C28H38N4O8S2/c1-27(2,29)26(34)31(20-42(37,38)39)24(18-40-17-21-9-5-4-6-10-21)25(33)30-15-13-28(14-16-30)19-32(41(3,35)36)23-12-8-7-11-22(23)28/h4-12,24H,13-20,29H2,1-3H3,(H,37,38,39). The van der Waals surface area contributed by atoms with E-state index in [-0.39, 0.29) is 32.8 Å². The molecule has 2 amide bonds. The normalized spacial score (nSPS) is 17.6. The Hall–Kier alpha value is -3.04. The molecule has 0 bridgehead atoms. The second-order valence-corrected chi connectivity index (χ2v) is 14.9. The van der Waals surface area contributed by atoms with Crippen LogP contribution in [0.4, 0.5) is 5.69 Å². The molecule has 1 unspecified atom stereocenters. The van der Waals surface area contributed by atoms with Crippen molar-refractivity contribution in [3.63, 3.8) is 0 Å². The van der Waals surface area contributed by atoms with Crippen molar-refractivity contribution in [2.24, 2.45) is 5.73 Å². The molecule has 2 heterocycles. The fourth-order valence-corrected chi connectivity index (χ4v) is 7.31. The highest BCUT2D eigenvalue weighted by Crippen LogP contribution is 2.47. The molecular formula is C28H38N4O8S2. The summed E-state index contributed by atoms with van der Waals surface area (Å²) in [7, 11) is -8.25. The van der Waals surface area contributed by atoms with E-state index in [0.29, 0.717) is 18.5 Å². The van der Waals surface area contributed by atoms with E-state index in [9.17, 15) is 31.0 Å². The lowest BCUT2D eigenvalue weighted by molar-refractivity contribution is -0.151. The van der Waals surface area contributed by atoms with Crippen LogP contribution in [-0.4, -0.2) is 93.0 Å². The molecular weight excluding hydrogens is 584 g/mol. The highest BCUT2D eigenvalue weighted by atomic mass is 32.2. The number of benzene rings is 2. The minimum absolute atomic E-state index is 0.103. The second-order valence-electron chi connectivity index (χ2n) is 11.6. The molecule has 14 heteroatoms. The average Bonchev–Trinajstić information content (AvgIpc) is 3.24. The van der Waals surface area contributed by atoms with Gasteiger partial charge in [-0.2, -0.15) is 8.42 Å². The van der Waals surface area contributed by atoms with E-state index in [4.69, 9.17) is 10.5 Å². The first-order valence-electron chi connectivity index (χ1n) is 13.5. The van der Waals surface area contributed by atoms with Gasteiger partial charge in [0.05, 0.1) is 30.7 Å². The number of hydrogen-bond donors (Lipinski definition) is 2. The van der Waals surface area contributed by atoms with Crippen LogP contribution in [0.3, 0.4) is 0 Å². The van der Waals surface area contributed by atoms with Crippen LogP contribution in [0.15, 0.2) is 54.6 Å². The largest absolute Gasteiger partial charge is 0.374 e. The molecule has 1 atom stereocenters. The molecule has 2 aromatic rings. The van der Waals surface area contributed by atoms with Crippen LogP contribution in [0, 0.1) is 0 Å². The van der Waals surface area contributed by atoms with E-state index in [1.165, 1.54) is 29.3 Å².